The van der Waals surface area contributed by atoms with Gasteiger partial charge in [0.2, 0.25) is 5.91 Å². The van der Waals surface area contributed by atoms with Crippen LogP contribution in [0.1, 0.15) is 24.3 Å². The number of ether oxygens (including phenoxy) is 2. The Balaban J connectivity index is 2.35. The van der Waals surface area contributed by atoms with Crippen molar-refractivity contribution < 1.29 is 14.3 Å². The van der Waals surface area contributed by atoms with Gasteiger partial charge in [-0.05, 0) is 24.6 Å². The van der Waals surface area contributed by atoms with Crippen LogP contribution in [0.2, 0.25) is 0 Å². The molecule has 0 saturated heterocycles. The van der Waals surface area contributed by atoms with E-state index in [9.17, 15) is 4.79 Å². The predicted molar refractivity (Wildman–Crippen MR) is 59.2 cm³/mol. The summed E-state index contributed by atoms with van der Waals surface area (Å²) in [4.78, 5) is 11.5. The van der Waals surface area contributed by atoms with Gasteiger partial charge in [-0.15, -0.1) is 0 Å². The summed E-state index contributed by atoms with van der Waals surface area (Å²) in [5, 5.41) is 2.81. The van der Waals surface area contributed by atoms with Gasteiger partial charge in [-0.3, -0.25) is 4.79 Å². The van der Waals surface area contributed by atoms with E-state index in [1.165, 1.54) is 0 Å². The van der Waals surface area contributed by atoms with Crippen molar-refractivity contribution in [2.75, 3.05) is 13.7 Å². The first-order valence-electron chi connectivity index (χ1n) is 5.32. The Morgan fingerprint density at radius 1 is 1.50 bits per heavy atom. The molecule has 1 heterocycles. The zero-order valence-electron chi connectivity index (χ0n) is 9.45. The quantitative estimate of drug-likeness (QED) is 0.839. The molecule has 0 spiro atoms. The molecule has 0 bridgehead atoms. The lowest BCUT2D eigenvalue weighted by Crippen LogP contribution is -2.36. The van der Waals surface area contributed by atoms with Crippen molar-refractivity contribution in [3.05, 3.63) is 29.3 Å². The molecule has 4 nitrogen and oxygen atoms in total. The smallest absolute Gasteiger partial charge is 0.226 e. The largest absolute Gasteiger partial charge is 0.497 e. The van der Waals surface area contributed by atoms with Gasteiger partial charge in [-0.25, -0.2) is 0 Å². The first kappa shape index (κ1) is 11.0. The van der Waals surface area contributed by atoms with Gasteiger partial charge < -0.3 is 14.8 Å². The molecule has 4 heteroatoms. The highest BCUT2D eigenvalue weighted by Crippen LogP contribution is 2.27. The third kappa shape index (κ3) is 2.02. The zero-order valence-corrected chi connectivity index (χ0v) is 9.45. The zero-order chi connectivity index (χ0) is 11.5. The van der Waals surface area contributed by atoms with Gasteiger partial charge in [-0.1, -0.05) is 6.07 Å². The van der Waals surface area contributed by atoms with Crippen molar-refractivity contribution in [3.8, 4) is 5.75 Å². The maximum atomic E-state index is 11.5. The van der Waals surface area contributed by atoms with Crippen molar-refractivity contribution in [1.29, 1.82) is 0 Å². The topological polar surface area (TPSA) is 47.6 Å². The van der Waals surface area contributed by atoms with E-state index in [1.807, 2.05) is 25.1 Å². The van der Waals surface area contributed by atoms with Crippen LogP contribution < -0.4 is 10.1 Å². The lowest BCUT2D eigenvalue weighted by molar-refractivity contribution is -0.126. The monoisotopic (exact) mass is 221 g/mol. The van der Waals surface area contributed by atoms with Crippen molar-refractivity contribution in [3.63, 3.8) is 0 Å². The highest BCUT2D eigenvalue weighted by Gasteiger charge is 2.24. The summed E-state index contributed by atoms with van der Waals surface area (Å²) >= 11 is 0. The fraction of sp³-hybridized carbons (Fsp3) is 0.417. The van der Waals surface area contributed by atoms with Gasteiger partial charge in [0.05, 0.1) is 13.5 Å². The Morgan fingerprint density at radius 3 is 3.00 bits per heavy atom. The van der Waals surface area contributed by atoms with Crippen LogP contribution in [0.5, 0.6) is 5.75 Å². The lowest BCUT2D eigenvalue weighted by Gasteiger charge is -2.26. The van der Waals surface area contributed by atoms with Crippen molar-refractivity contribution in [2.24, 2.45) is 0 Å². The van der Waals surface area contributed by atoms with Gasteiger partial charge >= 0.3 is 0 Å². The number of carbonyl (C=O) groups is 1. The van der Waals surface area contributed by atoms with E-state index in [4.69, 9.17) is 9.47 Å². The maximum Gasteiger partial charge on any atom is 0.226 e. The lowest BCUT2D eigenvalue weighted by atomic mass is 9.99. The molecule has 0 aromatic heterocycles. The third-order valence-corrected chi connectivity index (χ3v) is 2.61. The van der Waals surface area contributed by atoms with Gasteiger partial charge in [0.1, 0.15) is 5.75 Å². The first-order chi connectivity index (χ1) is 7.74. The fourth-order valence-corrected chi connectivity index (χ4v) is 1.86. The Bertz CT molecular complexity index is 403. The predicted octanol–water partition coefficient (Wildman–Crippen LogP) is 1.40. The number of amides is 1. The molecule has 16 heavy (non-hydrogen) atoms. The summed E-state index contributed by atoms with van der Waals surface area (Å²) in [6, 6.07) is 5.70. The second kappa shape index (κ2) is 4.53. The minimum absolute atomic E-state index is 0.0146. The Labute approximate surface area is 94.6 Å². The Hall–Kier alpha value is -1.55. The number of carbonyl (C=O) groups excluding carboxylic acids is 1. The van der Waals surface area contributed by atoms with E-state index < -0.39 is 0 Å². The van der Waals surface area contributed by atoms with E-state index in [2.05, 4.69) is 5.32 Å². The molecule has 86 valence electrons. The number of methoxy groups -OCH3 is 1. The summed E-state index contributed by atoms with van der Waals surface area (Å²) < 4.78 is 10.6. The van der Waals surface area contributed by atoms with E-state index in [0.29, 0.717) is 13.0 Å². The van der Waals surface area contributed by atoms with Crippen LogP contribution in [0.3, 0.4) is 0 Å². The number of fused-ring (bicyclic) bond motifs is 1. The number of hydrogen-bond donors (Lipinski definition) is 1. The van der Waals surface area contributed by atoms with Crippen molar-refractivity contribution in [1.82, 2.24) is 5.32 Å². The number of benzene rings is 1. The molecule has 0 fully saturated rings. The Kier molecular flexibility index (Phi) is 3.10. The highest BCUT2D eigenvalue weighted by atomic mass is 16.5. The molecule has 1 aliphatic heterocycles. The van der Waals surface area contributed by atoms with Crippen LogP contribution in [-0.2, 0) is 16.0 Å². The number of rotatable bonds is 3. The number of hydrogen-bond acceptors (Lipinski definition) is 3. The van der Waals surface area contributed by atoms with Crippen LogP contribution in [0.25, 0.3) is 0 Å². The summed E-state index contributed by atoms with van der Waals surface area (Å²) in [5.74, 6) is 0.753. The molecule has 1 aromatic carbocycles. The molecular weight excluding hydrogens is 206 g/mol. The normalized spacial score (nSPS) is 18.9. The molecule has 1 aliphatic rings. The van der Waals surface area contributed by atoms with E-state index in [1.54, 1.807) is 7.11 Å². The fourth-order valence-electron chi connectivity index (χ4n) is 1.86. The van der Waals surface area contributed by atoms with Crippen molar-refractivity contribution in [2.45, 2.75) is 19.6 Å². The molecule has 2 rings (SSSR count). The average Bonchev–Trinajstić information content (AvgIpc) is 2.28. The highest BCUT2D eigenvalue weighted by molar-refractivity contribution is 5.81. The van der Waals surface area contributed by atoms with Gasteiger partial charge in [0.25, 0.3) is 0 Å². The molecule has 0 saturated carbocycles. The van der Waals surface area contributed by atoms with Crippen LogP contribution >= 0.6 is 0 Å². The second-order valence-corrected chi connectivity index (χ2v) is 3.64. The molecule has 0 aliphatic carbocycles. The third-order valence-electron chi connectivity index (χ3n) is 2.61. The van der Waals surface area contributed by atoms with Crippen molar-refractivity contribution >= 4 is 5.91 Å². The minimum Gasteiger partial charge on any atom is -0.497 e. The average molecular weight is 221 g/mol. The minimum atomic E-state index is -0.327. The van der Waals surface area contributed by atoms with Crippen LogP contribution in [0.15, 0.2) is 18.2 Å². The van der Waals surface area contributed by atoms with E-state index in [0.717, 1.165) is 16.9 Å². The summed E-state index contributed by atoms with van der Waals surface area (Å²) in [6.45, 7) is 2.47. The van der Waals surface area contributed by atoms with Gasteiger partial charge in [-0.2, -0.15) is 0 Å². The van der Waals surface area contributed by atoms with Gasteiger partial charge in [0.15, 0.2) is 6.23 Å². The molecule has 0 radical (unpaired) electrons. The summed E-state index contributed by atoms with van der Waals surface area (Å²) in [7, 11) is 1.62. The van der Waals surface area contributed by atoms with Crippen LogP contribution in [0, 0.1) is 0 Å². The number of nitrogens with one attached hydrogen (secondary N) is 1. The molecule has 1 amide bonds. The van der Waals surface area contributed by atoms with Gasteiger partial charge in [0, 0.05) is 12.2 Å². The summed E-state index contributed by atoms with van der Waals surface area (Å²) in [5.41, 5.74) is 1.99. The standard InChI is InChI=1S/C12H15NO3/c1-3-16-12-10-5-4-9(15-2)6-8(10)7-11(14)13-12/h4-6,12H,3,7H2,1-2H3,(H,13,14). The SMILES string of the molecule is CCOC1NC(=O)Cc2cc(OC)ccc21. The second-order valence-electron chi connectivity index (χ2n) is 3.64. The van der Waals surface area contributed by atoms with Crippen LogP contribution in [0.4, 0.5) is 0 Å². The molecular formula is C12H15NO3. The molecule has 1 aromatic rings. The summed E-state index contributed by atoms with van der Waals surface area (Å²) in [6.07, 6.45) is 0.0583. The Morgan fingerprint density at radius 2 is 2.31 bits per heavy atom. The molecule has 1 atom stereocenters. The van der Waals surface area contributed by atoms with E-state index >= 15 is 0 Å². The first-order valence-corrected chi connectivity index (χ1v) is 5.32. The molecule has 1 N–H and O–H groups in total. The maximum absolute atomic E-state index is 11.5. The van der Waals surface area contributed by atoms with Crippen LogP contribution in [-0.4, -0.2) is 19.6 Å². The van der Waals surface area contributed by atoms with E-state index in [-0.39, 0.29) is 12.1 Å². The molecule has 1 unspecified atom stereocenters.